The maximum atomic E-state index is 11.2. The fraction of sp³-hybridized carbons (Fsp3) is 0. The van der Waals surface area contributed by atoms with Gasteiger partial charge in [-0.25, -0.2) is 9.78 Å². The number of carboxylic acid groups (broad SMARTS) is 1. The summed E-state index contributed by atoms with van der Waals surface area (Å²) in [5.74, 6) is -1.01. The number of hydrogen-bond acceptors (Lipinski definition) is 5. The first kappa shape index (κ1) is 12.6. The molecule has 0 bridgehead atoms. The highest BCUT2D eigenvalue weighted by molar-refractivity contribution is 7.99. The monoisotopic (exact) mass is 286 g/mol. The van der Waals surface area contributed by atoms with Crippen LogP contribution < -0.4 is 5.73 Å². The molecule has 0 aliphatic heterocycles. The molecule has 3 aromatic rings. The van der Waals surface area contributed by atoms with Crippen LogP contribution in [0.15, 0.2) is 57.0 Å². The second-order valence-corrected chi connectivity index (χ2v) is 5.10. The standard InChI is InChI=1S/C14H10N2O3S/c15-8-5-6-9(13(17)18)12(7-8)20-14-16-10-3-1-2-4-11(10)19-14/h1-7H,15H2,(H,17,18). The van der Waals surface area contributed by atoms with Gasteiger partial charge in [-0.1, -0.05) is 12.1 Å². The van der Waals surface area contributed by atoms with E-state index in [0.717, 1.165) is 17.3 Å². The summed E-state index contributed by atoms with van der Waals surface area (Å²) in [5.41, 5.74) is 7.76. The molecule has 0 aliphatic rings. The molecule has 0 atom stereocenters. The van der Waals surface area contributed by atoms with Crippen molar-refractivity contribution < 1.29 is 14.3 Å². The van der Waals surface area contributed by atoms with E-state index in [1.165, 1.54) is 6.07 Å². The Kier molecular flexibility index (Phi) is 3.08. The Morgan fingerprint density at radius 1 is 1.25 bits per heavy atom. The van der Waals surface area contributed by atoms with Gasteiger partial charge in [-0.05, 0) is 42.1 Å². The zero-order valence-electron chi connectivity index (χ0n) is 10.2. The van der Waals surface area contributed by atoms with Gasteiger partial charge in [0.15, 0.2) is 5.58 Å². The van der Waals surface area contributed by atoms with E-state index in [0.29, 0.717) is 21.4 Å². The van der Waals surface area contributed by atoms with Crippen LogP contribution in [0.4, 0.5) is 5.69 Å². The van der Waals surface area contributed by atoms with Crippen LogP contribution in [0.1, 0.15) is 10.4 Å². The number of aromatic carboxylic acids is 1. The molecule has 0 saturated carbocycles. The summed E-state index contributed by atoms with van der Waals surface area (Å²) in [4.78, 5) is 16.0. The van der Waals surface area contributed by atoms with Gasteiger partial charge in [0, 0.05) is 10.6 Å². The van der Waals surface area contributed by atoms with Gasteiger partial charge >= 0.3 is 5.97 Å². The van der Waals surface area contributed by atoms with Gasteiger partial charge in [-0.2, -0.15) is 0 Å². The number of nitrogen functional groups attached to an aromatic ring is 1. The summed E-state index contributed by atoms with van der Waals surface area (Å²) in [6.07, 6.45) is 0. The van der Waals surface area contributed by atoms with E-state index >= 15 is 0 Å². The molecule has 1 heterocycles. The first-order valence-corrected chi connectivity index (χ1v) is 6.61. The molecule has 0 fully saturated rings. The molecule has 1 aromatic heterocycles. The molecule has 0 unspecified atom stereocenters. The minimum Gasteiger partial charge on any atom is -0.478 e. The van der Waals surface area contributed by atoms with Crippen molar-refractivity contribution in [2.24, 2.45) is 0 Å². The van der Waals surface area contributed by atoms with E-state index < -0.39 is 5.97 Å². The fourth-order valence-corrected chi connectivity index (χ4v) is 2.71. The Morgan fingerprint density at radius 2 is 2.05 bits per heavy atom. The van der Waals surface area contributed by atoms with Crippen LogP contribution in [0, 0.1) is 0 Å². The van der Waals surface area contributed by atoms with Crippen LogP contribution in [0.3, 0.4) is 0 Å². The molecule has 3 rings (SSSR count). The fourth-order valence-electron chi connectivity index (χ4n) is 1.79. The molecule has 3 N–H and O–H groups in total. The molecule has 0 spiro atoms. The second-order valence-electron chi connectivity index (χ2n) is 4.11. The van der Waals surface area contributed by atoms with E-state index in [-0.39, 0.29) is 5.56 Å². The molecule has 2 aromatic carbocycles. The summed E-state index contributed by atoms with van der Waals surface area (Å²) < 4.78 is 5.56. The zero-order chi connectivity index (χ0) is 14.1. The van der Waals surface area contributed by atoms with Crippen LogP contribution in [0.5, 0.6) is 0 Å². The molecule has 6 heteroatoms. The van der Waals surface area contributed by atoms with Crippen LogP contribution >= 0.6 is 11.8 Å². The molecular weight excluding hydrogens is 276 g/mol. The largest absolute Gasteiger partial charge is 0.478 e. The van der Waals surface area contributed by atoms with Crippen molar-refractivity contribution in [1.29, 1.82) is 0 Å². The Labute approximate surface area is 118 Å². The van der Waals surface area contributed by atoms with Crippen LogP contribution in [0.25, 0.3) is 11.1 Å². The van der Waals surface area contributed by atoms with Crippen LogP contribution in [0.2, 0.25) is 0 Å². The van der Waals surface area contributed by atoms with Gasteiger partial charge in [-0.15, -0.1) is 0 Å². The van der Waals surface area contributed by atoms with E-state index in [4.69, 9.17) is 15.3 Å². The van der Waals surface area contributed by atoms with Gasteiger partial charge < -0.3 is 15.3 Å². The summed E-state index contributed by atoms with van der Waals surface area (Å²) in [6.45, 7) is 0. The van der Waals surface area contributed by atoms with Crippen molar-refractivity contribution in [2.75, 3.05) is 5.73 Å². The lowest BCUT2D eigenvalue weighted by atomic mass is 10.2. The normalized spacial score (nSPS) is 10.8. The van der Waals surface area contributed by atoms with Crippen molar-refractivity contribution >= 4 is 34.5 Å². The van der Waals surface area contributed by atoms with Gasteiger partial charge in [0.1, 0.15) is 5.52 Å². The third-order valence-corrected chi connectivity index (χ3v) is 3.61. The number of hydrogen-bond donors (Lipinski definition) is 2. The maximum absolute atomic E-state index is 11.2. The van der Waals surface area contributed by atoms with Gasteiger partial charge in [-0.3, -0.25) is 0 Å². The number of oxazole rings is 1. The van der Waals surface area contributed by atoms with Gasteiger partial charge in [0.05, 0.1) is 5.56 Å². The molecule has 20 heavy (non-hydrogen) atoms. The summed E-state index contributed by atoms with van der Waals surface area (Å²) in [6, 6.07) is 12.0. The third-order valence-electron chi connectivity index (χ3n) is 2.71. The van der Waals surface area contributed by atoms with Gasteiger partial charge in [0.25, 0.3) is 5.22 Å². The number of carbonyl (C=O) groups is 1. The van der Waals surface area contributed by atoms with Gasteiger partial charge in [0.2, 0.25) is 0 Å². The number of benzene rings is 2. The SMILES string of the molecule is Nc1ccc(C(=O)O)c(Sc2nc3ccccc3o2)c1. The van der Waals surface area contributed by atoms with Crippen molar-refractivity contribution in [3.05, 3.63) is 48.0 Å². The quantitative estimate of drug-likeness (QED) is 0.718. The van der Waals surface area contributed by atoms with E-state index in [9.17, 15) is 4.79 Å². The Hall–Kier alpha value is -2.47. The first-order chi connectivity index (χ1) is 9.63. The summed E-state index contributed by atoms with van der Waals surface area (Å²) in [5, 5.41) is 9.56. The van der Waals surface area contributed by atoms with E-state index in [2.05, 4.69) is 4.98 Å². The smallest absolute Gasteiger partial charge is 0.336 e. The highest BCUT2D eigenvalue weighted by Gasteiger charge is 2.14. The number of aromatic nitrogens is 1. The first-order valence-electron chi connectivity index (χ1n) is 5.80. The minimum absolute atomic E-state index is 0.173. The van der Waals surface area contributed by atoms with E-state index in [1.54, 1.807) is 12.1 Å². The topological polar surface area (TPSA) is 89.4 Å². The van der Waals surface area contributed by atoms with E-state index in [1.807, 2.05) is 24.3 Å². The molecule has 0 amide bonds. The highest BCUT2D eigenvalue weighted by atomic mass is 32.2. The average molecular weight is 286 g/mol. The predicted octanol–water partition coefficient (Wildman–Crippen LogP) is 3.26. The predicted molar refractivity (Wildman–Crippen MR) is 75.9 cm³/mol. The number of para-hydroxylation sites is 2. The number of carboxylic acids is 1. The molecule has 0 saturated heterocycles. The number of rotatable bonds is 3. The Bertz CT molecular complexity index is 765. The third kappa shape index (κ3) is 2.33. The highest BCUT2D eigenvalue weighted by Crippen LogP contribution is 2.33. The maximum Gasteiger partial charge on any atom is 0.336 e. The van der Waals surface area contributed by atoms with Crippen LogP contribution in [-0.2, 0) is 0 Å². The van der Waals surface area contributed by atoms with Crippen molar-refractivity contribution in [3.8, 4) is 0 Å². The number of nitrogens with two attached hydrogens (primary N) is 1. The zero-order valence-corrected chi connectivity index (χ0v) is 11.1. The lowest BCUT2D eigenvalue weighted by Crippen LogP contribution is -1.99. The van der Waals surface area contributed by atoms with Crippen molar-refractivity contribution in [3.63, 3.8) is 0 Å². The number of anilines is 1. The number of nitrogens with zero attached hydrogens (tertiary/aromatic N) is 1. The summed E-state index contributed by atoms with van der Waals surface area (Å²) >= 11 is 1.14. The Morgan fingerprint density at radius 3 is 2.80 bits per heavy atom. The minimum atomic E-state index is -1.01. The van der Waals surface area contributed by atoms with Crippen LogP contribution in [-0.4, -0.2) is 16.1 Å². The Balaban J connectivity index is 2.01. The molecule has 100 valence electrons. The molecule has 0 aliphatic carbocycles. The molecule has 5 nitrogen and oxygen atoms in total. The van der Waals surface area contributed by atoms with Crippen molar-refractivity contribution in [2.45, 2.75) is 10.1 Å². The lowest BCUT2D eigenvalue weighted by molar-refractivity contribution is 0.0693. The summed E-state index contributed by atoms with van der Waals surface area (Å²) in [7, 11) is 0. The average Bonchev–Trinajstić information content (AvgIpc) is 2.80. The lowest BCUT2D eigenvalue weighted by Gasteiger charge is -2.04. The number of fused-ring (bicyclic) bond motifs is 1. The van der Waals surface area contributed by atoms with Crippen molar-refractivity contribution in [1.82, 2.24) is 4.98 Å². The second kappa shape index (κ2) is 4.90. The molecule has 0 radical (unpaired) electrons. The molecular formula is C14H10N2O3S.